The summed E-state index contributed by atoms with van der Waals surface area (Å²) in [6.45, 7) is -0.0896. The molecule has 0 heterocycles. The third kappa shape index (κ3) is 5.12. The number of guanidine groups is 1. The minimum Gasteiger partial charge on any atom is -0.370 e. The maximum absolute atomic E-state index is 12.9. The molecular weight excluding hydrogens is 450 g/mol. The normalized spacial score (nSPS) is 15.7. The molecule has 0 aliphatic heterocycles. The van der Waals surface area contributed by atoms with Gasteiger partial charge in [-0.15, -0.1) is 24.0 Å². The first-order chi connectivity index (χ1) is 8.86. The highest BCUT2D eigenvalue weighted by Crippen LogP contribution is 2.34. The van der Waals surface area contributed by atoms with Gasteiger partial charge in [0.2, 0.25) is 0 Å². The van der Waals surface area contributed by atoms with Gasteiger partial charge in [0, 0.05) is 10.5 Å². The van der Waals surface area contributed by atoms with Crippen molar-refractivity contribution in [3.05, 3.63) is 33.8 Å². The molecule has 3 nitrogen and oxygen atoms in total. The predicted molar refractivity (Wildman–Crippen MR) is 86.0 cm³/mol. The Kier molecular flexibility index (Phi) is 6.11. The lowest BCUT2D eigenvalue weighted by atomic mass is 10.1. The van der Waals surface area contributed by atoms with E-state index in [0.29, 0.717) is 10.5 Å². The van der Waals surface area contributed by atoms with E-state index in [2.05, 4.69) is 26.2 Å². The van der Waals surface area contributed by atoms with Crippen LogP contribution in [-0.4, -0.2) is 12.0 Å². The van der Waals surface area contributed by atoms with Gasteiger partial charge in [-0.2, -0.15) is 13.2 Å². The summed E-state index contributed by atoms with van der Waals surface area (Å²) >= 11 is 3.04. The van der Waals surface area contributed by atoms with Gasteiger partial charge < -0.3 is 11.1 Å². The summed E-state index contributed by atoms with van der Waals surface area (Å²) in [4.78, 5) is 3.95. The molecule has 1 aromatic carbocycles. The second-order valence-corrected chi connectivity index (χ2v) is 5.33. The standard InChI is InChI=1S/C12H13BrF3N3.HI/c13-8-2-1-7(10(5-8)12(14,15)16)6-18-11(17)19-9-3-4-9;/h1-2,5,9H,3-4,6H2,(H3,17,18,19);1H. The summed E-state index contributed by atoms with van der Waals surface area (Å²) in [5.41, 5.74) is 5.02. The van der Waals surface area contributed by atoms with E-state index in [9.17, 15) is 13.2 Å². The molecule has 1 aliphatic rings. The molecule has 20 heavy (non-hydrogen) atoms. The van der Waals surface area contributed by atoms with Crippen molar-refractivity contribution in [1.29, 1.82) is 0 Å². The van der Waals surface area contributed by atoms with Gasteiger partial charge >= 0.3 is 6.18 Å². The van der Waals surface area contributed by atoms with E-state index in [0.717, 1.165) is 18.9 Å². The fraction of sp³-hybridized carbons (Fsp3) is 0.417. The van der Waals surface area contributed by atoms with Gasteiger partial charge in [-0.25, -0.2) is 4.99 Å². The zero-order valence-corrected chi connectivity index (χ0v) is 14.3. The average Bonchev–Trinajstić information content (AvgIpc) is 3.10. The summed E-state index contributed by atoms with van der Waals surface area (Å²) in [5.74, 6) is 0.193. The largest absolute Gasteiger partial charge is 0.416 e. The second-order valence-electron chi connectivity index (χ2n) is 4.42. The topological polar surface area (TPSA) is 50.4 Å². The van der Waals surface area contributed by atoms with Crippen molar-refractivity contribution in [3.8, 4) is 0 Å². The Bertz CT molecular complexity index is 501. The highest BCUT2D eigenvalue weighted by molar-refractivity contribution is 14.0. The average molecular weight is 464 g/mol. The number of nitrogens with one attached hydrogen (secondary N) is 1. The number of hydrogen-bond donors (Lipinski definition) is 2. The quantitative estimate of drug-likeness (QED) is 0.408. The highest BCUT2D eigenvalue weighted by atomic mass is 127. The lowest BCUT2D eigenvalue weighted by Gasteiger charge is -2.12. The van der Waals surface area contributed by atoms with Crippen LogP contribution < -0.4 is 11.1 Å². The van der Waals surface area contributed by atoms with Gasteiger partial charge in [0.25, 0.3) is 0 Å². The summed E-state index contributed by atoms with van der Waals surface area (Å²) in [7, 11) is 0. The second kappa shape index (κ2) is 6.97. The van der Waals surface area contributed by atoms with E-state index in [1.165, 1.54) is 6.07 Å². The van der Waals surface area contributed by atoms with Crippen molar-refractivity contribution in [2.75, 3.05) is 0 Å². The number of nitrogens with two attached hydrogens (primary N) is 1. The Morgan fingerprint density at radius 1 is 1.40 bits per heavy atom. The van der Waals surface area contributed by atoms with Crippen LogP contribution in [0.4, 0.5) is 13.2 Å². The number of nitrogens with zero attached hydrogens (tertiary/aromatic N) is 1. The van der Waals surface area contributed by atoms with Crippen LogP contribution in [0.2, 0.25) is 0 Å². The van der Waals surface area contributed by atoms with E-state index in [1.54, 1.807) is 6.07 Å². The minimum atomic E-state index is -4.40. The smallest absolute Gasteiger partial charge is 0.370 e. The van der Waals surface area contributed by atoms with Crippen molar-refractivity contribution < 1.29 is 13.2 Å². The van der Waals surface area contributed by atoms with Crippen LogP contribution >= 0.6 is 39.9 Å². The summed E-state index contributed by atoms with van der Waals surface area (Å²) in [6.07, 6.45) is -2.34. The van der Waals surface area contributed by atoms with Gasteiger partial charge in [-0.1, -0.05) is 22.0 Å². The number of rotatable bonds is 3. The lowest BCUT2D eigenvalue weighted by Crippen LogP contribution is -2.33. The fourth-order valence-electron chi connectivity index (χ4n) is 1.60. The summed E-state index contributed by atoms with van der Waals surface area (Å²) in [6, 6.07) is 4.34. The molecule has 0 aromatic heterocycles. The number of hydrogen-bond acceptors (Lipinski definition) is 1. The van der Waals surface area contributed by atoms with Crippen LogP contribution in [0.25, 0.3) is 0 Å². The maximum atomic E-state index is 12.9. The fourth-order valence-corrected chi connectivity index (χ4v) is 1.96. The van der Waals surface area contributed by atoms with Crippen molar-refractivity contribution in [2.45, 2.75) is 31.6 Å². The van der Waals surface area contributed by atoms with E-state index < -0.39 is 11.7 Å². The lowest BCUT2D eigenvalue weighted by molar-refractivity contribution is -0.138. The van der Waals surface area contributed by atoms with E-state index in [1.807, 2.05) is 0 Å². The summed E-state index contributed by atoms with van der Waals surface area (Å²) in [5, 5.41) is 2.93. The van der Waals surface area contributed by atoms with Gasteiger partial charge in [0.15, 0.2) is 5.96 Å². The molecule has 3 N–H and O–H groups in total. The molecule has 112 valence electrons. The van der Waals surface area contributed by atoms with Gasteiger partial charge in [-0.05, 0) is 30.5 Å². The molecule has 0 amide bonds. The molecule has 1 aromatic rings. The van der Waals surface area contributed by atoms with Crippen molar-refractivity contribution in [2.24, 2.45) is 10.7 Å². The molecule has 0 atom stereocenters. The molecule has 1 fully saturated rings. The number of benzene rings is 1. The van der Waals surface area contributed by atoms with Crippen molar-refractivity contribution in [1.82, 2.24) is 5.32 Å². The first-order valence-electron chi connectivity index (χ1n) is 5.78. The number of alkyl halides is 3. The Balaban J connectivity index is 0.00000200. The first-order valence-corrected chi connectivity index (χ1v) is 6.57. The summed E-state index contributed by atoms with van der Waals surface area (Å²) < 4.78 is 39.0. The minimum absolute atomic E-state index is 0. The van der Waals surface area contributed by atoms with Crippen LogP contribution in [0.15, 0.2) is 27.7 Å². The van der Waals surface area contributed by atoms with Gasteiger partial charge in [-0.3, -0.25) is 0 Å². The molecule has 1 aliphatic carbocycles. The number of halogens is 5. The van der Waals surface area contributed by atoms with Crippen LogP contribution in [0, 0.1) is 0 Å². The molecule has 0 radical (unpaired) electrons. The Morgan fingerprint density at radius 2 is 2.05 bits per heavy atom. The molecule has 8 heteroatoms. The predicted octanol–water partition coefficient (Wildman–Crippen LogP) is 3.65. The molecule has 1 saturated carbocycles. The zero-order chi connectivity index (χ0) is 14.0. The van der Waals surface area contributed by atoms with Crippen LogP contribution in [-0.2, 0) is 12.7 Å². The van der Waals surface area contributed by atoms with Crippen molar-refractivity contribution >= 4 is 45.9 Å². The molecule has 0 bridgehead atoms. The van der Waals surface area contributed by atoms with E-state index in [-0.39, 0.29) is 42.0 Å². The molecule has 0 unspecified atom stereocenters. The molecule has 2 rings (SSSR count). The van der Waals surface area contributed by atoms with Crippen molar-refractivity contribution in [3.63, 3.8) is 0 Å². The Morgan fingerprint density at radius 3 is 2.60 bits per heavy atom. The molecular formula is C12H14BrF3IN3. The maximum Gasteiger partial charge on any atom is 0.416 e. The third-order valence-electron chi connectivity index (χ3n) is 2.73. The molecule has 0 spiro atoms. The highest BCUT2D eigenvalue weighted by Gasteiger charge is 2.33. The van der Waals surface area contributed by atoms with Crippen LogP contribution in [0.3, 0.4) is 0 Å². The molecule has 0 saturated heterocycles. The Hall–Kier alpha value is -0.510. The number of aliphatic imine (C=N–C) groups is 1. The third-order valence-corrected chi connectivity index (χ3v) is 3.22. The Labute approximate surface area is 140 Å². The zero-order valence-electron chi connectivity index (χ0n) is 10.4. The van der Waals surface area contributed by atoms with Crippen LogP contribution in [0.5, 0.6) is 0 Å². The van der Waals surface area contributed by atoms with E-state index >= 15 is 0 Å². The first kappa shape index (κ1) is 17.5. The monoisotopic (exact) mass is 463 g/mol. The van der Waals surface area contributed by atoms with Gasteiger partial charge in [0.1, 0.15) is 0 Å². The SMILES string of the molecule is I.NC(=NCc1ccc(Br)cc1C(F)(F)F)NC1CC1. The van der Waals surface area contributed by atoms with Crippen LogP contribution in [0.1, 0.15) is 24.0 Å². The van der Waals surface area contributed by atoms with Gasteiger partial charge in [0.05, 0.1) is 12.1 Å². The van der Waals surface area contributed by atoms with E-state index in [4.69, 9.17) is 5.73 Å².